The van der Waals surface area contributed by atoms with E-state index in [1.807, 2.05) is 6.92 Å². The van der Waals surface area contributed by atoms with Crippen LogP contribution in [0.25, 0.3) is 0 Å². The predicted octanol–water partition coefficient (Wildman–Crippen LogP) is 6.92. The number of aliphatic hydroxyl groups excluding tert-OH is 1. The summed E-state index contributed by atoms with van der Waals surface area (Å²) in [5.74, 6) is -0.476. The highest BCUT2D eigenvalue weighted by Crippen LogP contribution is 2.43. The summed E-state index contributed by atoms with van der Waals surface area (Å²) in [5.41, 5.74) is 12.0. The minimum Gasteiger partial charge on any atom is -0.493 e. The van der Waals surface area contributed by atoms with Crippen LogP contribution in [0, 0.1) is 0 Å². The molecule has 3 unspecified atom stereocenters. The Balaban J connectivity index is 0.000000555. The molecule has 4 aliphatic heterocycles. The van der Waals surface area contributed by atoms with Crippen molar-refractivity contribution in [2.24, 2.45) is 16.5 Å². The fourth-order valence-electron chi connectivity index (χ4n) is 10.1. The van der Waals surface area contributed by atoms with Crippen molar-refractivity contribution in [2.75, 3.05) is 64.3 Å². The van der Waals surface area contributed by atoms with Gasteiger partial charge in [-0.05, 0) is 94.7 Å². The topological polar surface area (TPSA) is 342 Å². The number of nitrogens with one attached hydrogen (secondary N) is 4. The Hall–Kier alpha value is -8.75. The molecule has 1 saturated carbocycles. The molecule has 1 spiro atoms. The van der Waals surface area contributed by atoms with Crippen molar-refractivity contribution in [2.45, 2.75) is 135 Å². The molecular formula is C63H84N10O15S. The highest BCUT2D eigenvalue weighted by Gasteiger charge is 2.47. The van der Waals surface area contributed by atoms with Crippen molar-refractivity contribution < 1.29 is 71.9 Å². The number of methoxy groups -OCH3 is 2. The van der Waals surface area contributed by atoms with E-state index in [0.29, 0.717) is 98.5 Å². The number of aldehydes is 1. The van der Waals surface area contributed by atoms with Crippen LogP contribution < -0.4 is 56.6 Å². The van der Waals surface area contributed by atoms with Crippen LogP contribution in [-0.4, -0.2) is 153 Å². The molecule has 89 heavy (non-hydrogen) atoms. The summed E-state index contributed by atoms with van der Waals surface area (Å²) < 4.78 is 29.3. The lowest BCUT2D eigenvalue weighted by Gasteiger charge is -2.40. The Morgan fingerprint density at radius 3 is 2.06 bits per heavy atom. The van der Waals surface area contributed by atoms with E-state index in [1.54, 1.807) is 49.7 Å². The van der Waals surface area contributed by atoms with Crippen molar-refractivity contribution in [3.8, 4) is 23.0 Å². The lowest BCUT2D eigenvalue weighted by atomic mass is 9.74. The quantitative estimate of drug-likeness (QED) is 0.0140. The fraction of sp³-hybridized carbons (Fsp3) is 0.460. The molecule has 0 bridgehead atoms. The number of aliphatic imine (C=N–C) groups is 1. The van der Waals surface area contributed by atoms with Gasteiger partial charge in [0.15, 0.2) is 29.2 Å². The molecule has 25 nitrogen and oxygen atoms in total. The third-order valence-corrected chi connectivity index (χ3v) is 14.6. The summed E-state index contributed by atoms with van der Waals surface area (Å²) in [6.45, 7) is 15.3. The normalized spacial score (nSPS) is 16.9. The van der Waals surface area contributed by atoms with Gasteiger partial charge in [0.1, 0.15) is 18.9 Å². The first kappa shape index (κ1) is 71.0. The van der Waals surface area contributed by atoms with Gasteiger partial charge in [-0.1, -0.05) is 76.5 Å². The van der Waals surface area contributed by atoms with Crippen LogP contribution in [0.15, 0.2) is 88.8 Å². The number of nitrogens with two attached hydrogens (primary N) is 2. The summed E-state index contributed by atoms with van der Waals surface area (Å²) in [4.78, 5) is 117. The minimum absolute atomic E-state index is 0.0853. The molecule has 26 heteroatoms. The predicted molar refractivity (Wildman–Crippen MR) is 339 cm³/mol. The first-order valence-corrected chi connectivity index (χ1v) is 30.0. The van der Waals surface area contributed by atoms with Crippen LogP contribution in [0.1, 0.15) is 131 Å². The fourth-order valence-corrected chi connectivity index (χ4v) is 10.3. The number of aliphatic hydroxyl groups is 1. The van der Waals surface area contributed by atoms with E-state index in [2.05, 4.69) is 77.4 Å². The Morgan fingerprint density at radius 1 is 0.865 bits per heavy atom. The maximum Gasteiger partial charge on any atom is 0.416 e. The number of rotatable bonds is 25. The molecule has 9 N–H and O–H groups in total. The average molecular weight is 1250 g/mol. The molecule has 4 heterocycles. The Labute approximate surface area is 524 Å². The number of primary amides is 2. The van der Waals surface area contributed by atoms with Crippen LogP contribution >= 0.6 is 12.6 Å². The molecule has 8 rings (SSSR count). The Kier molecular flexibility index (Phi) is 27.7. The number of thiol groups is 1. The number of benzene rings is 3. The van der Waals surface area contributed by atoms with Crippen molar-refractivity contribution in [1.82, 2.24) is 25.8 Å². The summed E-state index contributed by atoms with van der Waals surface area (Å²) >= 11 is 3.89. The van der Waals surface area contributed by atoms with Crippen LogP contribution in [0.5, 0.6) is 23.0 Å². The van der Waals surface area contributed by atoms with Gasteiger partial charge in [0.2, 0.25) is 11.8 Å². The highest BCUT2D eigenvalue weighted by atomic mass is 32.1. The number of hydrogen-bond donors (Lipinski definition) is 8. The largest absolute Gasteiger partial charge is 0.493 e. The van der Waals surface area contributed by atoms with Gasteiger partial charge in [-0.25, -0.2) is 14.5 Å². The van der Waals surface area contributed by atoms with Crippen molar-refractivity contribution in [3.05, 3.63) is 101 Å². The standard InChI is InChI=1S/C49H59N7O11.C10H13NO3S.C3H8.CH4N2O/c1-7-11-35(53-43(57)25-50-4)45(59)52-32-14-12-31(13-15-32)27-67-48(62)56-37-22-42(40(64-6)20-34(37)46(60)55-26-29(2)18-38(55)47(56)61)66-17-10-8-9-16-65-41-21-36-33(19-39(41)63-5)44(58)54-49(28-51-36)23-30(3)24-49;12-6-4-2-1-3-5-11-9(13)7-8(15)10(11)14;1-3-2;2-1(3)4/h12-15,19-22,28,35,38,47,50,61H,2-3,7-11,16-18,23-27H2,1,4-6H3,(H,52,59)(H,53,57)(H,54,58);6-7,15H,1-5H2;3H2,1-2H3;(H4,2,3,4). The van der Waals surface area contributed by atoms with E-state index < -0.39 is 41.9 Å². The minimum atomic E-state index is -1.48. The molecule has 5 aliphatic rings. The summed E-state index contributed by atoms with van der Waals surface area (Å²) in [6.07, 6.45) is 10.4. The van der Waals surface area contributed by atoms with Crippen LogP contribution in [0.4, 0.5) is 26.7 Å². The number of nitrogens with zero attached hydrogens (tertiary/aromatic N) is 4. The zero-order valence-electron chi connectivity index (χ0n) is 51.5. The monoisotopic (exact) mass is 1250 g/mol. The second-order valence-electron chi connectivity index (χ2n) is 21.6. The molecule has 3 aromatic rings. The molecule has 3 atom stereocenters. The molecular weight excluding hydrogens is 1170 g/mol. The second-order valence-corrected chi connectivity index (χ2v) is 22.1. The smallest absolute Gasteiger partial charge is 0.416 e. The first-order chi connectivity index (χ1) is 42.6. The number of amides is 9. The van der Waals surface area contributed by atoms with Crippen molar-refractivity contribution in [3.63, 3.8) is 0 Å². The average Bonchev–Trinajstić information content (AvgIpc) is 1.70. The van der Waals surface area contributed by atoms with Crippen LogP contribution in [0.2, 0.25) is 0 Å². The van der Waals surface area contributed by atoms with Gasteiger partial charge < -0.3 is 71.2 Å². The Morgan fingerprint density at radius 2 is 1.48 bits per heavy atom. The maximum atomic E-state index is 14.1. The van der Waals surface area contributed by atoms with Gasteiger partial charge in [-0.15, -0.1) is 12.6 Å². The number of carbonyl (C=O) groups is 9. The summed E-state index contributed by atoms with van der Waals surface area (Å²) in [6, 6.07) is 10.7. The van der Waals surface area contributed by atoms with Crippen molar-refractivity contribution in [1.29, 1.82) is 0 Å². The molecule has 0 radical (unpaired) electrons. The zero-order chi connectivity index (χ0) is 65.4. The first-order valence-electron chi connectivity index (χ1n) is 29.5. The van der Waals surface area contributed by atoms with Crippen LogP contribution in [0.3, 0.4) is 0 Å². The lowest BCUT2D eigenvalue weighted by Crippen LogP contribution is -2.55. The maximum absolute atomic E-state index is 14.1. The summed E-state index contributed by atoms with van der Waals surface area (Å²) in [7, 11) is 4.62. The van der Waals surface area contributed by atoms with E-state index in [-0.39, 0.29) is 89.9 Å². The van der Waals surface area contributed by atoms with E-state index in [0.717, 1.165) is 41.6 Å². The molecule has 1 saturated heterocycles. The summed E-state index contributed by atoms with van der Waals surface area (Å²) in [5, 5.41) is 23.2. The Bertz CT molecular complexity index is 3120. The molecule has 2 fully saturated rings. The molecule has 9 amide bonds. The number of carbonyl (C=O) groups excluding carboxylic acids is 9. The molecule has 482 valence electrons. The van der Waals surface area contributed by atoms with Gasteiger partial charge >= 0.3 is 12.1 Å². The van der Waals surface area contributed by atoms with Crippen molar-refractivity contribution >= 4 is 89.8 Å². The SMILES string of the molecule is C=C1CC2C(O)N(C(=O)OCc3ccc(NC(=O)C(CCC)NC(=O)CNC)cc3)c3cc(OCCCCCOc4cc5c(cc4OC)C(=O)NC4(C=N5)CC(=C)C4)c(OC)cc3C(=O)N2C1.CCC.NC(N)=O.O=CCCCCCN1C(=O)C=C(S)C1=O. The number of hydrogen-bond acceptors (Lipinski definition) is 18. The number of unbranched alkanes of at least 4 members (excludes halogenated alkanes) is 5. The van der Waals surface area contributed by atoms with E-state index in [9.17, 15) is 43.5 Å². The van der Waals surface area contributed by atoms with Gasteiger partial charge in [0.05, 0.1) is 73.0 Å². The number of fused-ring (bicyclic) bond motifs is 3. The number of anilines is 2. The van der Waals surface area contributed by atoms with E-state index in [1.165, 1.54) is 48.6 Å². The number of ether oxygens (including phenoxy) is 5. The number of imide groups is 1. The van der Waals surface area contributed by atoms with Gasteiger partial charge in [-0.3, -0.25) is 38.7 Å². The highest BCUT2D eigenvalue weighted by molar-refractivity contribution is 7.85. The van der Waals surface area contributed by atoms with E-state index >= 15 is 0 Å². The second kappa shape index (κ2) is 34.7. The molecule has 0 aromatic heterocycles. The van der Waals surface area contributed by atoms with Crippen LogP contribution in [-0.2, 0) is 35.3 Å². The zero-order valence-corrected chi connectivity index (χ0v) is 52.4. The number of urea groups is 1. The van der Waals surface area contributed by atoms with Gasteiger partial charge in [-0.2, -0.15) is 0 Å². The van der Waals surface area contributed by atoms with Gasteiger partial charge in [0.25, 0.3) is 23.6 Å². The number of likely N-dealkylation sites (N-methyl/N-ethyl adjacent to an activating group) is 1. The lowest BCUT2D eigenvalue weighted by molar-refractivity contribution is -0.137. The molecule has 1 aliphatic carbocycles. The van der Waals surface area contributed by atoms with E-state index in [4.69, 9.17) is 28.5 Å². The third kappa shape index (κ3) is 19.9. The van der Waals surface area contributed by atoms with Gasteiger partial charge in [0, 0.05) is 49.6 Å². The third-order valence-electron chi connectivity index (χ3n) is 14.2. The molecule has 3 aromatic carbocycles.